The summed E-state index contributed by atoms with van der Waals surface area (Å²) < 4.78 is 5.04. The first kappa shape index (κ1) is 12.9. The number of hydrogen-bond acceptors (Lipinski definition) is 4. The lowest BCUT2D eigenvalue weighted by atomic mass is 10.2. The van der Waals surface area contributed by atoms with E-state index in [9.17, 15) is 9.90 Å². The number of benzene rings is 1. The topological polar surface area (TPSA) is 77.0 Å². The summed E-state index contributed by atoms with van der Waals surface area (Å²) in [5.74, 6) is 0.957. The van der Waals surface area contributed by atoms with Crippen LogP contribution in [0, 0.1) is 0 Å². The van der Waals surface area contributed by atoms with Crippen molar-refractivity contribution >= 4 is 17.7 Å². The van der Waals surface area contributed by atoms with Crippen molar-refractivity contribution in [1.29, 1.82) is 0 Å². The van der Waals surface area contributed by atoms with Crippen LogP contribution in [-0.4, -0.2) is 24.9 Å². The summed E-state index contributed by atoms with van der Waals surface area (Å²) in [7, 11) is 1.62. The quantitative estimate of drug-likeness (QED) is 0.713. The molecule has 0 aliphatic carbocycles. The van der Waals surface area contributed by atoms with Gasteiger partial charge in [0.05, 0.1) is 18.8 Å². The van der Waals surface area contributed by atoms with E-state index in [2.05, 4.69) is 5.73 Å². The average Bonchev–Trinajstić information content (AvgIpc) is 2.29. The molecule has 0 heterocycles. The minimum atomic E-state index is -1.10. The van der Waals surface area contributed by atoms with Crippen LogP contribution in [0.4, 0.5) is 0 Å². The second kappa shape index (κ2) is 6.40. The van der Waals surface area contributed by atoms with Crippen molar-refractivity contribution in [2.75, 3.05) is 12.9 Å². The highest BCUT2D eigenvalue weighted by Gasteiger charge is 2.06. The highest BCUT2D eigenvalue weighted by molar-refractivity contribution is 7.98. The molecule has 1 aromatic carbocycles. The first-order chi connectivity index (χ1) is 7.63. The molecule has 16 heavy (non-hydrogen) atoms. The van der Waals surface area contributed by atoms with Crippen molar-refractivity contribution in [3.05, 3.63) is 29.8 Å². The Morgan fingerprint density at radius 3 is 2.62 bits per heavy atom. The number of carboxylic acid groups (broad SMARTS) is 1. The lowest BCUT2D eigenvalue weighted by Crippen LogP contribution is -2.69. The van der Waals surface area contributed by atoms with Gasteiger partial charge in [-0.3, -0.25) is 0 Å². The van der Waals surface area contributed by atoms with Crippen molar-refractivity contribution in [1.82, 2.24) is 0 Å². The molecule has 1 atom stereocenters. The molecule has 0 saturated heterocycles. The maximum absolute atomic E-state index is 10.4. The molecule has 88 valence electrons. The third kappa shape index (κ3) is 4.12. The van der Waals surface area contributed by atoms with Crippen LogP contribution < -0.4 is 15.6 Å². The molecule has 0 spiro atoms. The summed E-state index contributed by atoms with van der Waals surface area (Å²) in [6.45, 7) is 0. The summed E-state index contributed by atoms with van der Waals surface area (Å²) >= 11 is 1.53. The van der Waals surface area contributed by atoms with E-state index in [0.29, 0.717) is 5.75 Å². The summed E-state index contributed by atoms with van der Waals surface area (Å²) in [6, 6.07) is 7.04. The van der Waals surface area contributed by atoms with Gasteiger partial charge in [-0.1, -0.05) is 12.1 Å². The maximum Gasteiger partial charge on any atom is 0.134 e. The number of carboxylic acids is 1. The highest BCUT2D eigenvalue weighted by Crippen LogP contribution is 2.16. The van der Waals surface area contributed by atoms with E-state index in [1.807, 2.05) is 24.3 Å². The zero-order chi connectivity index (χ0) is 12.0. The molecule has 0 saturated carbocycles. The van der Waals surface area contributed by atoms with E-state index >= 15 is 0 Å². The van der Waals surface area contributed by atoms with Crippen LogP contribution in [-0.2, 0) is 10.5 Å². The Bertz CT molecular complexity index is 340. The maximum atomic E-state index is 10.4. The van der Waals surface area contributed by atoms with Gasteiger partial charge >= 0.3 is 0 Å². The first-order valence-corrected chi connectivity index (χ1v) is 6.03. The third-order valence-corrected chi connectivity index (χ3v) is 3.26. The lowest BCUT2D eigenvalue weighted by molar-refractivity contribution is -0.431. The molecule has 0 bridgehead atoms. The predicted octanol–water partition coefficient (Wildman–Crippen LogP) is -0.711. The summed E-state index contributed by atoms with van der Waals surface area (Å²) in [5.41, 5.74) is 4.63. The standard InChI is InChI=1S/C11H15NO3S/c1-15-9-4-2-8(3-5-9)6-16-7-10(12)11(13)14/h2-5,10H,6-7,12H2,1H3,(H,13,14)/t10-/m0/s1. The fraction of sp³-hybridized carbons (Fsp3) is 0.364. The lowest BCUT2D eigenvalue weighted by Gasteiger charge is -2.08. The van der Waals surface area contributed by atoms with Crippen molar-refractivity contribution in [3.63, 3.8) is 0 Å². The Hall–Kier alpha value is -1.20. The van der Waals surface area contributed by atoms with Crippen molar-refractivity contribution in [3.8, 4) is 5.75 Å². The second-order valence-corrected chi connectivity index (χ2v) is 4.41. The van der Waals surface area contributed by atoms with Crippen LogP contribution in [0.15, 0.2) is 24.3 Å². The van der Waals surface area contributed by atoms with Crippen molar-refractivity contribution < 1.29 is 20.4 Å². The molecule has 0 amide bonds. The summed E-state index contributed by atoms with van der Waals surface area (Å²) in [4.78, 5) is 10.4. The van der Waals surface area contributed by atoms with Gasteiger partial charge in [-0.05, 0) is 17.7 Å². The van der Waals surface area contributed by atoms with Crippen LogP contribution >= 0.6 is 11.8 Å². The van der Waals surface area contributed by atoms with E-state index in [1.54, 1.807) is 7.11 Å². The minimum absolute atomic E-state index is 0.467. The monoisotopic (exact) mass is 241 g/mol. The van der Waals surface area contributed by atoms with Gasteiger partial charge in [0.15, 0.2) is 0 Å². The number of carbonyl (C=O) groups excluding carboxylic acids is 1. The van der Waals surface area contributed by atoms with Crippen LogP contribution in [0.5, 0.6) is 5.75 Å². The number of methoxy groups -OCH3 is 1. The van der Waals surface area contributed by atoms with E-state index in [0.717, 1.165) is 17.1 Å². The van der Waals surface area contributed by atoms with Crippen molar-refractivity contribution in [2.24, 2.45) is 0 Å². The fourth-order valence-corrected chi connectivity index (χ4v) is 2.08. The smallest absolute Gasteiger partial charge is 0.134 e. The van der Waals surface area contributed by atoms with E-state index in [4.69, 9.17) is 4.74 Å². The van der Waals surface area contributed by atoms with Gasteiger partial charge < -0.3 is 20.4 Å². The van der Waals surface area contributed by atoms with Gasteiger partial charge in [-0.25, -0.2) is 0 Å². The van der Waals surface area contributed by atoms with Gasteiger partial charge in [0.25, 0.3) is 0 Å². The van der Waals surface area contributed by atoms with E-state index in [-0.39, 0.29) is 0 Å². The fourth-order valence-electron chi connectivity index (χ4n) is 1.11. The van der Waals surface area contributed by atoms with E-state index < -0.39 is 12.0 Å². The number of quaternary nitrogens is 1. The Morgan fingerprint density at radius 1 is 1.50 bits per heavy atom. The molecule has 0 aromatic heterocycles. The predicted molar refractivity (Wildman–Crippen MR) is 60.8 cm³/mol. The zero-order valence-electron chi connectivity index (χ0n) is 9.14. The molecule has 0 aliphatic rings. The second-order valence-electron chi connectivity index (χ2n) is 3.38. The van der Waals surface area contributed by atoms with Gasteiger partial charge in [-0.15, -0.1) is 0 Å². The average molecular weight is 241 g/mol. The van der Waals surface area contributed by atoms with Gasteiger partial charge in [-0.2, -0.15) is 11.8 Å². The number of thioether (sulfide) groups is 1. The van der Waals surface area contributed by atoms with Crippen LogP contribution in [0.3, 0.4) is 0 Å². The Balaban J connectivity index is 2.34. The molecule has 0 aliphatic heterocycles. The molecule has 0 unspecified atom stereocenters. The van der Waals surface area contributed by atoms with Crippen LogP contribution in [0.25, 0.3) is 0 Å². The number of hydrogen-bond donors (Lipinski definition) is 1. The normalized spacial score (nSPS) is 12.1. The molecule has 5 heteroatoms. The molecule has 0 fully saturated rings. The number of carbonyl (C=O) groups is 1. The molecule has 3 N–H and O–H groups in total. The zero-order valence-corrected chi connectivity index (χ0v) is 9.96. The third-order valence-electron chi connectivity index (χ3n) is 2.08. The molecular weight excluding hydrogens is 226 g/mol. The first-order valence-electron chi connectivity index (χ1n) is 4.88. The van der Waals surface area contributed by atoms with Crippen LogP contribution in [0.1, 0.15) is 5.56 Å². The molecule has 4 nitrogen and oxygen atoms in total. The van der Waals surface area contributed by atoms with Gasteiger partial charge in [0.1, 0.15) is 11.8 Å². The number of ether oxygens (including phenoxy) is 1. The Kier molecular flexibility index (Phi) is 5.14. The molecular formula is C11H15NO3S. The number of aliphatic carboxylic acids is 1. The Morgan fingerprint density at radius 2 is 2.12 bits per heavy atom. The number of rotatable bonds is 6. The minimum Gasteiger partial charge on any atom is -0.544 e. The molecule has 1 aromatic rings. The van der Waals surface area contributed by atoms with E-state index in [1.165, 1.54) is 11.8 Å². The van der Waals surface area contributed by atoms with Gasteiger partial charge in [0, 0.05) is 5.75 Å². The summed E-state index contributed by atoms with van der Waals surface area (Å²) in [6.07, 6.45) is 0. The van der Waals surface area contributed by atoms with Crippen molar-refractivity contribution in [2.45, 2.75) is 11.8 Å². The SMILES string of the molecule is COc1ccc(CSC[C@H]([NH3+])C(=O)[O-])cc1. The van der Waals surface area contributed by atoms with Gasteiger partial charge in [0.2, 0.25) is 0 Å². The Labute approximate surface area is 98.8 Å². The largest absolute Gasteiger partial charge is 0.544 e. The highest BCUT2D eigenvalue weighted by atomic mass is 32.2. The molecule has 1 rings (SSSR count). The summed E-state index contributed by atoms with van der Waals surface area (Å²) in [5, 5.41) is 10.4. The van der Waals surface area contributed by atoms with Crippen LogP contribution in [0.2, 0.25) is 0 Å². The molecule has 0 radical (unpaired) electrons.